The Labute approximate surface area is 95.0 Å². The van der Waals surface area contributed by atoms with Gasteiger partial charge >= 0.3 is 0 Å². The Bertz CT molecular complexity index is 363. The molecule has 2 amide bonds. The number of imide groups is 1. The highest BCUT2D eigenvalue weighted by Crippen LogP contribution is 2.05. The summed E-state index contributed by atoms with van der Waals surface area (Å²) in [5, 5.41) is 0. The molecule has 0 unspecified atom stereocenters. The fourth-order valence-electron chi connectivity index (χ4n) is 1.39. The van der Waals surface area contributed by atoms with Crippen LogP contribution in [-0.2, 0) is 4.79 Å². The smallest absolute Gasteiger partial charge is 0.260 e. The van der Waals surface area contributed by atoms with Crippen molar-refractivity contribution in [2.45, 2.75) is 13.3 Å². The van der Waals surface area contributed by atoms with Crippen LogP contribution < -0.4 is 5.73 Å². The molecule has 0 spiro atoms. The van der Waals surface area contributed by atoms with E-state index in [2.05, 4.69) is 0 Å². The SMILES string of the molecule is CC(=O)N(CCCN)C(=O)c1ccccc1. The van der Waals surface area contributed by atoms with Crippen molar-refractivity contribution in [1.29, 1.82) is 0 Å². The van der Waals surface area contributed by atoms with Gasteiger partial charge in [-0.15, -0.1) is 0 Å². The number of hydrogen-bond acceptors (Lipinski definition) is 3. The van der Waals surface area contributed by atoms with Gasteiger partial charge in [0.1, 0.15) is 0 Å². The number of rotatable bonds is 4. The van der Waals surface area contributed by atoms with Crippen LogP contribution in [0.4, 0.5) is 0 Å². The van der Waals surface area contributed by atoms with Crippen LogP contribution in [0.5, 0.6) is 0 Å². The van der Waals surface area contributed by atoms with Crippen molar-refractivity contribution in [1.82, 2.24) is 4.90 Å². The van der Waals surface area contributed by atoms with Crippen molar-refractivity contribution >= 4 is 11.8 Å². The maximum Gasteiger partial charge on any atom is 0.260 e. The van der Waals surface area contributed by atoms with Gasteiger partial charge in [-0.25, -0.2) is 0 Å². The van der Waals surface area contributed by atoms with Crippen LogP contribution in [-0.4, -0.2) is 29.8 Å². The minimum atomic E-state index is -0.262. The number of benzene rings is 1. The van der Waals surface area contributed by atoms with Gasteiger partial charge in [0.25, 0.3) is 5.91 Å². The fraction of sp³-hybridized carbons (Fsp3) is 0.333. The number of hydrogen-bond donors (Lipinski definition) is 1. The molecule has 4 heteroatoms. The molecule has 0 saturated carbocycles. The third-order valence-corrected chi connectivity index (χ3v) is 2.23. The molecular weight excluding hydrogens is 204 g/mol. The van der Waals surface area contributed by atoms with Gasteiger partial charge in [0.2, 0.25) is 5.91 Å². The molecule has 0 aliphatic heterocycles. The Balaban J connectivity index is 2.79. The fourth-order valence-corrected chi connectivity index (χ4v) is 1.39. The molecule has 1 aromatic rings. The van der Waals surface area contributed by atoms with E-state index in [1.807, 2.05) is 6.07 Å². The van der Waals surface area contributed by atoms with Crippen molar-refractivity contribution < 1.29 is 9.59 Å². The van der Waals surface area contributed by atoms with Crippen LogP contribution in [0.3, 0.4) is 0 Å². The van der Waals surface area contributed by atoms with Gasteiger partial charge in [0.15, 0.2) is 0 Å². The van der Waals surface area contributed by atoms with Gasteiger partial charge in [-0.2, -0.15) is 0 Å². The first-order valence-corrected chi connectivity index (χ1v) is 5.24. The lowest BCUT2D eigenvalue weighted by atomic mass is 10.2. The highest BCUT2D eigenvalue weighted by molar-refractivity contribution is 6.04. The number of carbonyl (C=O) groups excluding carboxylic acids is 2. The number of nitrogens with two attached hydrogens (primary N) is 1. The largest absolute Gasteiger partial charge is 0.330 e. The van der Waals surface area contributed by atoms with E-state index in [-0.39, 0.29) is 11.8 Å². The molecule has 4 nitrogen and oxygen atoms in total. The van der Waals surface area contributed by atoms with Crippen LogP contribution >= 0.6 is 0 Å². The Morgan fingerprint density at radius 1 is 1.25 bits per heavy atom. The van der Waals surface area contributed by atoms with E-state index in [1.54, 1.807) is 24.3 Å². The molecule has 0 heterocycles. The lowest BCUT2D eigenvalue weighted by Crippen LogP contribution is -2.36. The van der Waals surface area contributed by atoms with E-state index in [1.165, 1.54) is 11.8 Å². The maximum atomic E-state index is 12.0. The molecule has 16 heavy (non-hydrogen) atoms. The van der Waals surface area contributed by atoms with Crippen molar-refractivity contribution in [3.63, 3.8) is 0 Å². The van der Waals surface area contributed by atoms with Gasteiger partial charge < -0.3 is 5.73 Å². The second kappa shape index (κ2) is 6.02. The van der Waals surface area contributed by atoms with E-state index < -0.39 is 0 Å². The highest BCUT2D eigenvalue weighted by atomic mass is 16.2. The molecule has 2 N–H and O–H groups in total. The first kappa shape index (κ1) is 12.4. The Kier molecular flexibility index (Phi) is 4.66. The second-order valence-corrected chi connectivity index (χ2v) is 3.48. The van der Waals surface area contributed by atoms with Crippen LogP contribution in [0.1, 0.15) is 23.7 Å². The minimum absolute atomic E-state index is 0.248. The number of amides is 2. The summed E-state index contributed by atoms with van der Waals surface area (Å²) in [7, 11) is 0. The predicted octanol–water partition coefficient (Wildman–Crippen LogP) is 1.02. The summed E-state index contributed by atoms with van der Waals surface area (Å²) in [5.74, 6) is -0.510. The average Bonchev–Trinajstić information content (AvgIpc) is 2.30. The van der Waals surface area contributed by atoms with Crippen molar-refractivity contribution in [2.24, 2.45) is 5.73 Å². The van der Waals surface area contributed by atoms with Gasteiger partial charge in [0, 0.05) is 19.0 Å². The van der Waals surface area contributed by atoms with Gasteiger partial charge in [-0.1, -0.05) is 18.2 Å². The summed E-state index contributed by atoms with van der Waals surface area (Å²) >= 11 is 0. The number of nitrogens with zero attached hydrogens (tertiary/aromatic N) is 1. The zero-order valence-electron chi connectivity index (χ0n) is 9.35. The molecule has 1 aromatic carbocycles. The average molecular weight is 220 g/mol. The van der Waals surface area contributed by atoms with E-state index >= 15 is 0 Å². The summed E-state index contributed by atoms with van der Waals surface area (Å²) in [6.07, 6.45) is 0.623. The third-order valence-electron chi connectivity index (χ3n) is 2.23. The summed E-state index contributed by atoms with van der Waals surface area (Å²) in [6, 6.07) is 8.76. The third kappa shape index (κ3) is 3.17. The molecule has 0 radical (unpaired) electrons. The minimum Gasteiger partial charge on any atom is -0.330 e. The first-order valence-electron chi connectivity index (χ1n) is 5.24. The van der Waals surface area contributed by atoms with E-state index in [9.17, 15) is 9.59 Å². The molecule has 0 saturated heterocycles. The van der Waals surface area contributed by atoms with Gasteiger partial charge in [0.05, 0.1) is 0 Å². The van der Waals surface area contributed by atoms with E-state index in [4.69, 9.17) is 5.73 Å². The second-order valence-electron chi connectivity index (χ2n) is 3.48. The summed E-state index contributed by atoms with van der Waals surface area (Å²) in [6.45, 7) is 2.22. The predicted molar refractivity (Wildman–Crippen MR) is 61.8 cm³/mol. The molecule has 86 valence electrons. The molecule has 0 fully saturated rings. The van der Waals surface area contributed by atoms with Crippen molar-refractivity contribution in [3.8, 4) is 0 Å². The summed E-state index contributed by atoms with van der Waals surface area (Å²) < 4.78 is 0. The highest BCUT2D eigenvalue weighted by Gasteiger charge is 2.18. The van der Waals surface area contributed by atoms with Gasteiger partial charge in [-0.05, 0) is 25.1 Å². The Morgan fingerprint density at radius 2 is 1.88 bits per heavy atom. The zero-order chi connectivity index (χ0) is 12.0. The van der Waals surface area contributed by atoms with Gasteiger partial charge in [-0.3, -0.25) is 14.5 Å². The van der Waals surface area contributed by atoms with Crippen molar-refractivity contribution in [3.05, 3.63) is 35.9 Å². The molecule has 1 rings (SSSR count). The summed E-state index contributed by atoms with van der Waals surface area (Å²) in [4.78, 5) is 24.5. The van der Waals surface area contributed by atoms with Crippen molar-refractivity contribution in [2.75, 3.05) is 13.1 Å². The van der Waals surface area contributed by atoms with Crippen LogP contribution in [0.15, 0.2) is 30.3 Å². The Hall–Kier alpha value is -1.68. The van der Waals surface area contributed by atoms with Crippen LogP contribution in [0.2, 0.25) is 0 Å². The zero-order valence-corrected chi connectivity index (χ0v) is 9.35. The number of carbonyl (C=O) groups is 2. The lowest BCUT2D eigenvalue weighted by Gasteiger charge is -2.18. The van der Waals surface area contributed by atoms with E-state index in [0.717, 1.165) is 0 Å². The lowest BCUT2D eigenvalue weighted by molar-refractivity contribution is -0.126. The molecular formula is C12H16N2O2. The van der Waals surface area contributed by atoms with E-state index in [0.29, 0.717) is 25.1 Å². The standard InChI is InChI=1S/C12H16N2O2/c1-10(15)14(9-5-8-13)12(16)11-6-3-2-4-7-11/h2-4,6-7H,5,8-9,13H2,1H3. The first-order chi connectivity index (χ1) is 7.66. The Morgan fingerprint density at radius 3 is 2.38 bits per heavy atom. The molecule has 0 atom stereocenters. The monoisotopic (exact) mass is 220 g/mol. The normalized spacial score (nSPS) is 9.88. The molecule has 0 aliphatic carbocycles. The maximum absolute atomic E-state index is 12.0. The summed E-state index contributed by atoms with van der Waals surface area (Å²) in [5.41, 5.74) is 5.89. The van der Waals surface area contributed by atoms with Crippen LogP contribution in [0.25, 0.3) is 0 Å². The quantitative estimate of drug-likeness (QED) is 0.824. The molecule has 0 aromatic heterocycles. The molecule has 0 bridgehead atoms. The van der Waals surface area contributed by atoms with Crippen LogP contribution in [0, 0.1) is 0 Å². The topological polar surface area (TPSA) is 63.4 Å². The molecule has 0 aliphatic rings.